The number of carbonyl (C=O) groups is 1. The van der Waals surface area contributed by atoms with Crippen LogP contribution in [0.1, 0.15) is 15.9 Å². The van der Waals surface area contributed by atoms with Crippen LogP contribution in [-0.4, -0.2) is 17.9 Å². The highest BCUT2D eigenvalue weighted by Crippen LogP contribution is 2.23. The second-order valence-electron chi connectivity index (χ2n) is 4.15. The lowest BCUT2D eigenvalue weighted by Crippen LogP contribution is -2.27. The van der Waals surface area contributed by atoms with E-state index in [1.807, 2.05) is 13.0 Å². The fraction of sp³-hybridized carbons (Fsp3) is 0.143. The lowest BCUT2D eigenvalue weighted by Gasteiger charge is -2.18. The normalized spacial score (nSPS) is 10.3. The number of carbonyl (C=O) groups excluding carboxylic acids is 1. The summed E-state index contributed by atoms with van der Waals surface area (Å²) in [6, 6.07) is 6.60. The molecule has 1 amide bonds. The average molecular weight is 279 g/mol. The van der Waals surface area contributed by atoms with Crippen LogP contribution in [-0.2, 0) is 0 Å². The number of hydrogen-bond donors (Lipinski definition) is 0. The van der Waals surface area contributed by atoms with Gasteiger partial charge in [-0.3, -0.25) is 9.78 Å². The van der Waals surface area contributed by atoms with Crippen molar-refractivity contribution in [3.63, 3.8) is 0 Å². The number of aromatic nitrogens is 1. The zero-order valence-electron chi connectivity index (χ0n) is 10.5. The molecule has 0 radical (unpaired) electrons. The summed E-state index contributed by atoms with van der Waals surface area (Å²) in [6.45, 7) is 1.87. The molecule has 0 aliphatic carbocycles. The number of amides is 1. The topological polar surface area (TPSA) is 33.2 Å². The Morgan fingerprint density at radius 2 is 2.11 bits per heavy atom. The quantitative estimate of drug-likeness (QED) is 0.843. The summed E-state index contributed by atoms with van der Waals surface area (Å²) in [6.07, 6.45) is 2.40. The van der Waals surface area contributed by atoms with Gasteiger partial charge in [-0.05, 0) is 30.7 Å². The molecule has 0 fully saturated rings. The summed E-state index contributed by atoms with van der Waals surface area (Å²) >= 11 is 6.02. The molecule has 2 aromatic rings. The molecule has 19 heavy (non-hydrogen) atoms. The fourth-order valence-corrected chi connectivity index (χ4v) is 1.81. The summed E-state index contributed by atoms with van der Waals surface area (Å²) < 4.78 is 13.5. The van der Waals surface area contributed by atoms with E-state index < -0.39 is 11.7 Å². The molecule has 0 spiro atoms. The van der Waals surface area contributed by atoms with Gasteiger partial charge < -0.3 is 4.90 Å². The summed E-state index contributed by atoms with van der Waals surface area (Å²) in [7, 11) is 1.57. The molecule has 2 rings (SSSR count). The lowest BCUT2D eigenvalue weighted by atomic mass is 10.2. The van der Waals surface area contributed by atoms with Crippen molar-refractivity contribution in [2.75, 3.05) is 11.9 Å². The summed E-state index contributed by atoms with van der Waals surface area (Å²) in [5.74, 6) is -1.09. The van der Waals surface area contributed by atoms with Crippen LogP contribution in [0.3, 0.4) is 0 Å². The Hall–Kier alpha value is -1.94. The fourth-order valence-electron chi connectivity index (χ4n) is 1.64. The molecule has 0 bridgehead atoms. The van der Waals surface area contributed by atoms with Gasteiger partial charge in [-0.25, -0.2) is 4.39 Å². The molecule has 0 saturated carbocycles. The van der Waals surface area contributed by atoms with Gasteiger partial charge in [0.15, 0.2) is 5.82 Å². The molecule has 0 unspecified atom stereocenters. The number of anilines is 1. The molecule has 1 aromatic carbocycles. The monoisotopic (exact) mass is 278 g/mol. The number of pyridine rings is 1. The van der Waals surface area contributed by atoms with Gasteiger partial charge in [0.25, 0.3) is 5.91 Å². The predicted molar refractivity (Wildman–Crippen MR) is 73.1 cm³/mol. The first kappa shape index (κ1) is 13.5. The van der Waals surface area contributed by atoms with Crippen molar-refractivity contribution in [3.05, 3.63) is 58.6 Å². The Labute approximate surface area is 115 Å². The van der Waals surface area contributed by atoms with Gasteiger partial charge in [0.1, 0.15) is 0 Å². The van der Waals surface area contributed by atoms with E-state index in [9.17, 15) is 9.18 Å². The number of halogens is 2. The SMILES string of the molecule is Cc1ccc(N(C)C(=O)c2ccncc2F)cc1Cl. The van der Waals surface area contributed by atoms with Gasteiger partial charge in [-0.2, -0.15) is 0 Å². The Bertz CT molecular complexity index is 631. The molecule has 0 aliphatic rings. The third-order valence-corrected chi connectivity index (χ3v) is 3.26. The molecule has 1 aromatic heterocycles. The highest BCUT2D eigenvalue weighted by molar-refractivity contribution is 6.31. The van der Waals surface area contributed by atoms with Crippen LogP contribution in [0.4, 0.5) is 10.1 Å². The molecular weight excluding hydrogens is 267 g/mol. The van der Waals surface area contributed by atoms with Crippen LogP contribution in [0.15, 0.2) is 36.7 Å². The minimum atomic E-state index is -0.641. The molecule has 0 saturated heterocycles. The predicted octanol–water partition coefficient (Wildman–Crippen LogP) is 3.46. The van der Waals surface area contributed by atoms with Gasteiger partial charge in [0.2, 0.25) is 0 Å². The van der Waals surface area contributed by atoms with E-state index in [-0.39, 0.29) is 5.56 Å². The van der Waals surface area contributed by atoms with Crippen molar-refractivity contribution in [2.24, 2.45) is 0 Å². The van der Waals surface area contributed by atoms with Gasteiger partial charge in [-0.1, -0.05) is 17.7 Å². The van der Waals surface area contributed by atoms with Crippen molar-refractivity contribution < 1.29 is 9.18 Å². The maximum atomic E-state index is 13.5. The molecule has 1 heterocycles. The van der Waals surface area contributed by atoms with Crippen molar-refractivity contribution in [2.45, 2.75) is 6.92 Å². The first-order valence-corrected chi connectivity index (χ1v) is 6.02. The van der Waals surface area contributed by atoms with Crippen molar-refractivity contribution in [1.29, 1.82) is 0 Å². The summed E-state index contributed by atoms with van der Waals surface area (Å²) in [5.41, 5.74) is 1.51. The largest absolute Gasteiger partial charge is 0.311 e. The second kappa shape index (κ2) is 5.36. The Morgan fingerprint density at radius 3 is 2.74 bits per heavy atom. The number of benzene rings is 1. The van der Waals surface area contributed by atoms with Crippen molar-refractivity contribution >= 4 is 23.2 Å². The Morgan fingerprint density at radius 1 is 1.37 bits per heavy atom. The smallest absolute Gasteiger partial charge is 0.261 e. The van der Waals surface area contributed by atoms with Gasteiger partial charge >= 0.3 is 0 Å². The van der Waals surface area contributed by atoms with Crippen LogP contribution in [0.5, 0.6) is 0 Å². The molecule has 5 heteroatoms. The third-order valence-electron chi connectivity index (χ3n) is 2.85. The van der Waals surface area contributed by atoms with E-state index in [0.29, 0.717) is 10.7 Å². The number of hydrogen-bond acceptors (Lipinski definition) is 2. The zero-order valence-corrected chi connectivity index (χ0v) is 11.3. The maximum Gasteiger partial charge on any atom is 0.261 e. The van der Waals surface area contributed by atoms with E-state index in [4.69, 9.17) is 11.6 Å². The minimum absolute atomic E-state index is 0.0193. The van der Waals surface area contributed by atoms with Gasteiger partial charge in [-0.15, -0.1) is 0 Å². The molecular formula is C14H12ClFN2O. The molecule has 0 atom stereocenters. The Kier molecular flexibility index (Phi) is 3.81. The van der Waals surface area contributed by atoms with E-state index in [1.165, 1.54) is 17.2 Å². The van der Waals surface area contributed by atoms with Crippen molar-refractivity contribution in [1.82, 2.24) is 4.98 Å². The van der Waals surface area contributed by atoms with Crippen LogP contribution in [0, 0.1) is 12.7 Å². The maximum absolute atomic E-state index is 13.5. The van der Waals surface area contributed by atoms with E-state index >= 15 is 0 Å². The van der Waals surface area contributed by atoms with Crippen LogP contribution < -0.4 is 4.90 Å². The van der Waals surface area contributed by atoms with E-state index in [2.05, 4.69) is 4.98 Å². The van der Waals surface area contributed by atoms with Crippen molar-refractivity contribution in [3.8, 4) is 0 Å². The van der Waals surface area contributed by atoms with E-state index in [0.717, 1.165) is 11.8 Å². The molecule has 0 aliphatic heterocycles. The average Bonchev–Trinajstić information content (AvgIpc) is 2.41. The highest BCUT2D eigenvalue weighted by Gasteiger charge is 2.17. The summed E-state index contributed by atoms with van der Waals surface area (Å²) in [5, 5.41) is 0.562. The molecule has 0 N–H and O–H groups in total. The highest BCUT2D eigenvalue weighted by atomic mass is 35.5. The number of nitrogens with zero attached hydrogens (tertiary/aromatic N) is 2. The molecule has 3 nitrogen and oxygen atoms in total. The first-order chi connectivity index (χ1) is 9.00. The third kappa shape index (κ3) is 2.74. The van der Waals surface area contributed by atoms with Crippen LogP contribution >= 0.6 is 11.6 Å². The second-order valence-corrected chi connectivity index (χ2v) is 4.56. The van der Waals surface area contributed by atoms with Gasteiger partial charge in [0, 0.05) is 24.0 Å². The lowest BCUT2D eigenvalue weighted by molar-refractivity contribution is 0.0989. The zero-order chi connectivity index (χ0) is 14.0. The standard InChI is InChI=1S/C14H12ClFN2O/c1-9-3-4-10(7-12(9)15)18(2)14(19)11-5-6-17-8-13(11)16/h3-8H,1-2H3. The molecule has 98 valence electrons. The minimum Gasteiger partial charge on any atom is -0.311 e. The van der Waals surface area contributed by atoms with Crippen LogP contribution in [0.25, 0.3) is 0 Å². The van der Waals surface area contributed by atoms with E-state index in [1.54, 1.807) is 19.2 Å². The van der Waals surface area contributed by atoms with Crippen LogP contribution in [0.2, 0.25) is 5.02 Å². The first-order valence-electron chi connectivity index (χ1n) is 5.64. The Balaban J connectivity index is 2.34. The van der Waals surface area contributed by atoms with Gasteiger partial charge in [0.05, 0.1) is 11.8 Å². The number of aryl methyl sites for hydroxylation is 1. The summed E-state index contributed by atoms with van der Waals surface area (Å²) in [4.78, 5) is 17.1. The number of rotatable bonds is 2.